The Balaban J connectivity index is 4.34. The molecular formula is C76H132O6. The minimum absolute atomic E-state index is 0.0864. The van der Waals surface area contributed by atoms with Gasteiger partial charge in [-0.15, -0.1) is 0 Å². The van der Waals surface area contributed by atoms with Crippen molar-refractivity contribution in [2.75, 3.05) is 13.2 Å². The van der Waals surface area contributed by atoms with Crippen LogP contribution in [0.2, 0.25) is 0 Å². The predicted octanol–water partition coefficient (Wildman–Crippen LogP) is 24.4. The van der Waals surface area contributed by atoms with Crippen LogP contribution >= 0.6 is 0 Å². The highest BCUT2D eigenvalue weighted by atomic mass is 16.6. The molecular weight excluding hydrogens is 1010 g/mol. The van der Waals surface area contributed by atoms with Crippen molar-refractivity contribution in [2.24, 2.45) is 0 Å². The van der Waals surface area contributed by atoms with Gasteiger partial charge in [-0.2, -0.15) is 0 Å². The maximum Gasteiger partial charge on any atom is 0.306 e. The molecule has 0 aromatic heterocycles. The molecule has 1 atom stereocenters. The van der Waals surface area contributed by atoms with Gasteiger partial charge in [0.15, 0.2) is 6.10 Å². The molecule has 6 nitrogen and oxygen atoms in total. The lowest BCUT2D eigenvalue weighted by Crippen LogP contribution is -2.30. The molecule has 0 saturated heterocycles. The van der Waals surface area contributed by atoms with Crippen molar-refractivity contribution in [3.8, 4) is 0 Å². The van der Waals surface area contributed by atoms with Crippen LogP contribution in [0, 0.1) is 0 Å². The Morgan fingerprint density at radius 2 is 0.476 bits per heavy atom. The molecule has 0 saturated carbocycles. The van der Waals surface area contributed by atoms with E-state index in [0.717, 1.165) is 128 Å². The van der Waals surface area contributed by atoms with Gasteiger partial charge in [-0.1, -0.05) is 330 Å². The Morgan fingerprint density at radius 1 is 0.256 bits per heavy atom. The van der Waals surface area contributed by atoms with Gasteiger partial charge in [0.1, 0.15) is 13.2 Å². The molecule has 0 fully saturated rings. The van der Waals surface area contributed by atoms with E-state index in [1.54, 1.807) is 0 Å². The van der Waals surface area contributed by atoms with Crippen molar-refractivity contribution in [3.63, 3.8) is 0 Å². The lowest BCUT2D eigenvalue weighted by molar-refractivity contribution is -0.167. The minimum Gasteiger partial charge on any atom is -0.462 e. The first-order chi connectivity index (χ1) is 40.5. The van der Waals surface area contributed by atoms with E-state index in [-0.39, 0.29) is 31.1 Å². The van der Waals surface area contributed by atoms with E-state index in [9.17, 15) is 14.4 Å². The van der Waals surface area contributed by atoms with E-state index >= 15 is 0 Å². The molecule has 0 bridgehead atoms. The average Bonchev–Trinajstić information content (AvgIpc) is 3.47. The molecule has 0 aromatic rings. The number of carbonyl (C=O) groups is 3. The van der Waals surface area contributed by atoms with Crippen LogP contribution in [0.25, 0.3) is 0 Å². The SMILES string of the molecule is CC/C=C\C/C=C\C/C=C\C/C=C\CCCCCCCCCCC(=O)OC(COC(=O)CCCCCC/C=C\C/C=C\C/C=C\C/C=C\CC)COC(=O)CCCCCCCCCCCCCCCCCCCCCCCCCCCC. The largest absolute Gasteiger partial charge is 0.462 e. The highest BCUT2D eigenvalue weighted by molar-refractivity contribution is 5.71. The average molecular weight is 1140 g/mol. The first kappa shape index (κ1) is 78.3. The van der Waals surface area contributed by atoms with Crippen molar-refractivity contribution >= 4 is 17.9 Å². The molecule has 0 heterocycles. The second-order valence-corrected chi connectivity index (χ2v) is 23.4. The number of hydrogen-bond acceptors (Lipinski definition) is 6. The summed E-state index contributed by atoms with van der Waals surface area (Å²) in [6, 6.07) is 0. The molecule has 0 rings (SSSR count). The Labute approximate surface area is 508 Å². The summed E-state index contributed by atoms with van der Waals surface area (Å²) in [5.41, 5.74) is 0. The quantitative estimate of drug-likeness (QED) is 0.0261. The molecule has 0 aromatic carbocycles. The molecule has 0 N–H and O–H groups in total. The highest BCUT2D eigenvalue weighted by Gasteiger charge is 2.19. The molecule has 0 aliphatic rings. The minimum atomic E-state index is -0.794. The van der Waals surface area contributed by atoms with Crippen LogP contribution in [0.5, 0.6) is 0 Å². The fourth-order valence-corrected chi connectivity index (χ4v) is 10.1. The van der Waals surface area contributed by atoms with Crippen molar-refractivity contribution in [1.82, 2.24) is 0 Å². The Morgan fingerprint density at radius 3 is 0.744 bits per heavy atom. The monoisotopic (exact) mass is 1140 g/mol. The summed E-state index contributed by atoms with van der Waals surface area (Å²) in [4.78, 5) is 38.5. The fraction of sp³-hybridized carbons (Fsp3) is 0.750. The smallest absolute Gasteiger partial charge is 0.306 e. The molecule has 1 unspecified atom stereocenters. The van der Waals surface area contributed by atoms with Crippen LogP contribution in [0.4, 0.5) is 0 Å². The van der Waals surface area contributed by atoms with E-state index in [1.807, 2.05) is 0 Å². The van der Waals surface area contributed by atoms with Crippen molar-refractivity contribution in [3.05, 3.63) is 97.2 Å². The van der Waals surface area contributed by atoms with E-state index in [4.69, 9.17) is 14.2 Å². The van der Waals surface area contributed by atoms with E-state index in [0.29, 0.717) is 19.3 Å². The molecule has 0 spiro atoms. The van der Waals surface area contributed by atoms with Crippen molar-refractivity contribution in [1.29, 1.82) is 0 Å². The van der Waals surface area contributed by atoms with Crippen LogP contribution in [0.15, 0.2) is 97.2 Å². The summed E-state index contributed by atoms with van der Waals surface area (Å²) in [6.45, 7) is 6.44. The number of hydrogen-bond donors (Lipinski definition) is 0. The highest BCUT2D eigenvalue weighted by Crippen LogP contribution is 2.18. The number of unbranched alkanes of at least 4 members (excludes halogenated alkanes) is 37. The topological polar surface area (TPSA) is 78.9 Å². The second-order valence-electron chi connectivity index (χ2n) is 23.4. The van der Waals surface area contributed by atoms with Crippen LogP contribution in [-0.4, -0.2) is 37.2 Å². The molecule has 0 aliphatic heterocycles. The normalized spacial score (nSPS) is 12.7. The molecule has 0 amide bonds. The maximum absolute atomic E-state index is 13.0. The van der Waals surface area contributed by atoms with Gasteiger partial charge in [0, 0.05) is 19.3 Å². The number of rotatable bonds is 64. The van der Waals surface area contributed by atoms with Crippen LogP contribution in [-0.2, 0) is 28.6 Å². The first-order valence-corrected chi connectivity index (χ1v) is 35.2. The number of allylic oxidation sites excluding steroid dienone is 16. The summed E-state index contributed by atoms with van der Waals surface area (Å²) >= 11 is 0. The summed E-state index contributed by atoms with van der Waals surface area (Å²) < 4.78 is 17.0. The van der Waals surface area contributed by atoms with Gasteiger partial charge >= 0.3 is 17.9 Å². The lowest BCUT2D eigenvalue weighted by Gasteiger charge is -2.18. The summed E-state index contributed by atoms with van der Waals surface area (Å²) in [5.74, 6) is -0.903. The molecule has 6 heteroatoms. The zero-order valence-electron chi connectivity index (χ0n) is 54.2. The van der Waals surface area contributed by atoms with Crippen LogP contribution < -0.4 is 0 Å². The van der Waals surface area contributed by atoms with Crippen LogP contribution in [0.1, 0.15) is 348 Å². The zero-order chi connectivity index (χ0) is 59.2. The molecule has 0 radical (unpaired) electrons. The van der Waals surface area contributed by atoms with Gasteiger partial charge in [0.25, 0.3) is 0 Å². The van der Waals surface area contributed by atoms with Gasteiger partial charge in [-0.25, -0.2) is 0 Å². The van der Waals surface area contributed by atoms with Gasteiger partial charge in [0.2, 0.25) is 0 Å². The number of carbonyl (C=O) groups excluding carboxylic acids is 3. The summed E-state index contributed by atoms with van der Waals surface area (Å²) in [6.07, 6.45) is 94.4. The molecule has 0 aliphatic carbocycles. The summed E-state index contributed by atoms with van der Waals surface area (Å²) in [7, 11) is 0. The van der Waals surface area contributed by atoms with Gasteiger partial charge in [0.05, 0.1) is 0 Å². The van der Waals surface area contributed by atoms with Crippen LogP contribution in [0.3, 0.4) is 0 Å². The zero-order valence-corrected chi connectivity index (χ0v) is 54.2. The van der Waals surface area contributed by atoms with Gasteiger partial charge in [-0.05, 0) is 96.3 Å². The molecule has 472 valence electrons. The Bertz CT molecular complexity index is 1590. The second kappa shape index (κ2) is 69.8. The first-order valence-electron chi connectivity index (χ1n) is 35.2. The van der Waals surface area contributed by atoms with Crippen molar-refractivity contribution in [2.45, 2.75) is 354 Å². The van der Waals surface area contributed by atoms with Gasteiger partial charge < -0.3 is 14.2 Å². The van der Waals surface area contributed by atoms with E-state index < -0.39 is 6.10 Å². The third-order valence-electron chi connectivity index (χ3n) is 15.3. The fourth-order valence-electron chi connectivity index (χ4n) is 10.1. The maximum atomic E-state index is 13.0. The number of ether oxygens (including phenoxy) is 3. The van der Waals surface area contributed by atoms with Crippen molar-refractivity contribution < 1.29 is 28.6 Å². The van der Waals surface area contributed by atoms with E-state index in [1.165, 1.54) is 180 Å². The standard InChI is InChI=1S/C76H132O6/c1-4-7-10-13-16-19-22-25-28-31-33-35-36-37-38-39-41-42-45-48-51-54-57-60-63-66-69-75(78)81-72-73(71-80-74(77)68-65-62-59-56-53-50-47-44-30-27-24-21-18-15-12-9-6-3)82-76(79)70-67-64-61-58-55-52-49-46-43-40-34-32-29-26-23-20-17-14-11-8-5-2/h8-9,11-12,17-18,20-21,26-27,29-30,34,40,47,50,73H,4-7,10,13-16,19,22-25,28,31-33,35-39,41-46,48-49,51-72H2,1-3H3/b11-8-,12-9-,20-17-,21-18-,29-26-,30-27-,40-34-,50-47-. The van der Waals surface area contributed by atoms with E-state index in [2.05, 4.69) is 118 Å². The Hall–Kier alpha value is -3.67. The summed E-state index contributed by atoms with van der Waals surface area (Å²) in [5, 5.41) is 0. The molecule has 82 heavy (non-hydrogen) atoms. The van der Waals surface area contributed by atoms with Gasteiger partial charge in [-0.3, -0.25) is 14.4 Å². The lowest BCUT2D eigenvalue weighted by atomic mass is 10.0. The third kappa shape index (κ3) is 67.1. The predicted molar refractivity (Wildman–Crippen MR) is 357 cm³/mol. The third-order valence-corrected chi connectivity index (χ3v) is 15.3. The Kier molecular flexibility index (Phi) is 66.7. The number of esters is 3.